The van der Waals surface area contributed by atoms with Crippen LogP contribution in [0.25, 0.3) is 0 Å². The van der Waals surface area contributed by atoms with E-state index >= 15 is 0 Å². The fraction of sp³-hybridized carbons (Fsp3) is 0. The first-order valence-corrected chi connectivity index (χ1v) is 8.39. The van der Waals surface area contributed by atoms with E-state index in [-0.39, 0.29) is 20.7 Å². The van der Waals surface area contributed by atoms with Crippen LogP contribution in [0.1, 0.15) is 0 Å². The van der Waals surface area contributed by atoms with Gasteiger partial charge in [0.1, 0.15) is 10.7 Å². The number of hydrogen-bond donors (Lipinski definition) is 2. The summed E-state index contributed by atoms with van der Waals surface area (Å²) < 4.78 is 40.9. The van der Waals surface area contributed by atoms with Gasteiger partial charge >= 0.3 is 0 Å². The second-order valence-electron chi connectivity index (χ2n) is 3.92. The number of nitrogens with two attached hydrogens (primary N) is 1. The van der Waals surface area contributed by atoms with Gasteiger partial charge in [0.2, 0.25) is 0 Å². The second kappa shape index (κ2) is 5.71. The van der Waals surface area contributed by atoms with Crippen molar-refractivity contribution in [3.05, 3.63) is 51.2 Å². The molecule has 0 radical (unpaired) electrons. The van der Waals surface area contributed by atoms with Crippen LogP contribution in [0.5, 0.6) is 0 Å². The van der Waals surface area contributed by atoms with Gasteiger partial charge < -0.3 is 5.73 Å². The third-order valence-corrected chi connectivity index (χ3v) is 5.01. The van der Waals surface area contributed by atoms with Crippen molar-refractivity contribution >= 4 is 53.3 Å². The van der Waals surface area contributed by atoms with Crippen LogP contribution >= 0.6 is 31.9 Å². The molecule has 4 nitrogen and oxygen atoms in total. The summed E-state index contributed by atoms with van der Waals surface area (Å²) in [6.45, 7) is 0. The van der Waals surface area contributed by atoms with Crippen LogP contribution in [0.15, 0.2) is 50.2 Å². The molecule has 0 aliphatic rings. The van der Waals surface area contributed by atoms with E-state index in [2.05, 4.69) is 36.6 Å². The van der Waals surface area contributed by atoms with Crippen LogP contribution in [0.2, 0.25) is 0 Å². The largest absolute Gasteiger partial charge is 0.398 e. The van der Waals surface area contributed by atoms with Crippen molar-refractivity contribution in [2.24, 2.45) is 0 Å². The molecular weight excluding hydrogens is 415 g/mol. The van der Waals surface area contributed by atoms with Gasteiger partial charge in [-0.15, -0.1) is 0 Å². The first-order valence-electron chi connectivity index (χ1n) is 5.32. The summed E-state index contributed by atoms with van der Waals surface area (Å²) in [6.07, 6.45) is 0. The first kappa shape index (κ1) is 15.3. The molecule has 0 saturated carbocycles. The zero-order chi connectivity index (χ0) is 14.9. The Morgan fingerprint density at radius 2 is 1.80 bits per heavy atom. The lowest BCUT2D eigenvalue weighted by molar-refractivity contribution is 0.601. The molecule has 0 amide bonds. The van der Waals surface area contributed by atoms with Gasteiger partial charge in [-0.1, -0.05) is 15.9 Å². The van der Waals surface area contributed by atoms with Gasteiger partial charge in [-0.25, -0.2) is 12.8 Å². The monoisotopic (exact) mass is 422 g/mol. The molecule has 0 spiro atoms. The maximum atomic E-state index is 13.4. The normalized spacial score (nSPS) is 11.3. The number of halogens is 3. The van der Waals surface area contributed by atoms with Gasteiger partial charge in [-0.05, 0) is 52.3 Å². The van der Waals surface area contributed by atoms with Crippen molar-refractivity contribution in [3.63, 3.8) is 0 Å². The van der Waals surface area contributed by atoms with Gasteiger partial charge in [0.25, 0.3) is 10.0 Å². The maximum absolute atomic E-state index is 13.4. The second-order valence-corrected chi connectivity index (χ2v) is 7.34. The predicted octanol–water partition coefficient (Wildman–Crippen LogP) is 3.73. The Bertz CT molecular complexity index is 766. The van der Waals surface area contributed by atoms with E-state index in [1.54, 1.807) is 6.07 Å². The van der Waals surface area contributed by atoms with Crippen LogP contribution in [0.3, 0.4) is 0 Å². The van der Waals surface area contributed by atoms with Crippen LogP contribution in [0.4, 0.5) is 15.8 Å². The fourth-order valence-electron chi connectivity index (χ4n) is 1.51. The Kier molecular flexibility index (Phi) is 4.36. The Morgan fingerprint density at radius 3 is 2.45 bits per heavy atom. The van der Waals surface area contributed by atoms with Crippen molar-refractivity contribution < 1.29 is 12.8 Å². The van der Waals surface area contributed by atoms with Gasteiger partial charge in [-0.3, -0.25) is 4.72 Å². The standard InChI is InChI=1S/C12H9Br2FN2O2S/c13-7-1-4-11(16)12(5-7)20(18,19)17-8-2-3-9(14)10(15)6-8/h1-6,17H,16H2. The van der Waals surface area contributed by atoms with E-state index in [0.717, 1.165) is 6.07 Å². The molecule has 0 unspecified atom stereocenters. The lowest BCUT2D eigenvalue weighted by Gasteiger charge is -2.11. The summed E-state index contributed by atoms with van der Waals surface area (Å²) in [5, 5.41) is 0. The number of sulfonamides is 1. The molecule has 106 valence electrons. The fourth-order valence-corrected chi connectivity index (χ4v) is 3.48. The minimum Gasteiger partial charge on any atom is -0.398 e. The van der Waals surface area contributed by atoms with Crippen molar-refractivity contribution in [1.82, 2.24) is 0 Å². The smallest absolute Gasteiger partial charge is 0.263 e. The molecule has 0 aliphatic carbocycles. The molecule has 2 aromatic carbocycles. The Hall–Kier alpha value is -1.12. The summed E-state index contributed by atoms with van der Waals surface area (Å²) in [7, 11) is -3.88. The van der Waals surface area contributed by atoms with Crippen molar-refractivity contribution in [1.29, 1.82) is 0 Å². The molecule has 0 bridgehead atoms. The van der Waals surface area contributed by atoms with Gasteiger partial charge in [0, 0.05) is 4.47 Å². The Morgan fingerprint density at radius 1 is 1.10 bits per heavy atom. The third kappa shape index (κ3) is 3.31. The highest BCUT2D eigenvalue weighted by atomic mass is 79.9. The minimum atomic E-state index is -3.88. The van der Waals surface area contributed by atoms with E-state index < -0.39 is 15.8 Å². The molecular formula is C12H9Br2FN2O2S. The van der Waals surface area contributed by atoms with Gasteiger partial charge in [-0.2, -0.15) is 0 Å². The molecule has 0 atom stereocenters. The highest BCUT2D eigenvalue weighted by Gasteiger charge is 2.18. The SMILES string of the molecule is Nc1ccc(Br)cc1S(=O)(=O)Nc1ccc(Br)c(F)c1. The lowest BCUT2D eigenvalue weighted by atomic mass is 10.3. The van der Waals surface area contributed by atoms with E-state index in [0.29, 0.717) is 4.47 Å². The molecule has 20 heavy (non-hydrogen) atoms. The lowest BCUT2D eigenvalue weighted by Crippen LogP contribution is -2.15. The third-order valence-electron chi connectivity index (χ3n) is 2.44. The summed E-state index contributed by atoms with van der Waals surface area (Å²) in [5.74, 6) is -0.563. The number of hydrogen-bond acceptors (Lipinski definition) is 3. The van der Waals surface area contributed by atoms with Crippen molar-refractivity contribution in [2.45, 2.75) is 4.90 Å². The summed E-state index contributed by atoms with van der Waals surface area (Å²) in [6, 6.07) is 8.42. The number of benzene rings is 2. The minimum absolute atomic E-state index is 0.0739. The summed E-state index contributed by atoms with van der Waals surface area (Å²) in [5.41, 5.74) is 5.89. The molecule has 2 aromatic rings. The average Bonchev–Trinajstić information content (AvgIpc) is 2.36. The molecule has 0 heterocycles. The van der Waals surface area contributed by atoms with E-state index in [1.165, 1.54) is 24.3 Å². The summed E-state index contributed by atoms with van der Waals surface area (Å²) in [4.78, 5) is -0.0739. The number of nitrogen functional groups attached to an aromatic ring is 1. The zero-order valence-electron chi connectivity index (χ0n) is 9.90. The number of nitrogens with one attached hydrogen (secondary N) is 1. The Labute approximate surface area is 132 Å². The van der Waals surface area contributed by atoms with Crippen LogP contribution in [-0.2, 0) is 10.0 Å². The number of anilines is 2. The molecule has 2 rings (SSSR count). The summed E-state index contributed by atoms with van der Waals surface area (Å²) >= 11 is 6.18. The van der Waals surface area contributed by atoms with E-state index in [9.17, 15) is 12.8 Å². The molecule has 0 aromatic heterocycles. The molecule has 0 aliphatic heterocycles. The first-order chi connectivity index (χ1) is 9.29. The predicted molar refractivity (Wildman–Crippen MR) is 83.5 cm³/mol. The van der Waals surface area contributed by atoms with E-state index in [4.69, 9.17) is 5.73 Å². The van der Waals surface area contributed by atoms with Crippen molar-refractivity contribution in [2.75, 3.05) is 10.5 Å². The average molecular weight is 424 g/mol. The maximum Gasteiger partial charge on any atom is 0.263 e. The van der Waals surface area contributed by atoms with E-state index in [1.807, 2.05) is 0 Å². The quantitative estimate of drug-likeness (QED) is 0.738. The van der Waals surface area contributed by atoms with Gasteiger partial charge in [0.15, 0.2) is 0 Å². The molecule has 8 heteroatoms. The van der Waals surface area contributed by atoms with Crippen molar-refractivity contribution in [3.8, 4) is 0 Å². The molecule has 0 saturated heterocycles. The number of rotatable bonds is 3. The molecule has 0 fully saturated rings. The topological polar surface area (TPSA) is 72.2 Å². The highest BCUT2D eigenvalue weighted by Crippen LogP contribution is 2.26. The van der Waals surface area contributed by atoms with Crippen LogP contribution < -0.4 is 10.5 Å². The molecule has 3 N–H and O–H groups in total. The Balaban J connectivity index is 2.40. The highest BCUT2D eigenvalue weighted by molar-refractivity contribution is 9.10. The van der Waals surface area contributed by atoms with Gasteiger partial charge in [0.05, 0.1) is 15.8 Å². The van der Waals surface area contributed by atoms with Crippen LogP contribution in [-0.4, -0.2) is 8.42 Å². The zero-order valence-corrected chi connectivity index (χ0v) is 13.9. The van der Waals surface area contributed by atoms with Crippen LogP contribution in [0, 0.1) is 5.82 Å².